The molecule has 2 heterocycles. The number of anilines is 1. The minimum Gasteiger partial charge on any atom is -0.383 e. The summed E-state index contributed by atoms with van der Waals surface area (Å²) in [6.07, 6.45) is 1.72. The summed E-state index contributed by atoms with van der Waals surface area (Å²) in [4.78, 5) is 4.05. The standard InChI is InChI=1S/C10H11N3O/c1-6-3-8(10(11)12-5-6)9-4-7(2)13-14-9/h3-5H,1-2H3,(H2,11,12). The highest BCUT2D eigenvalue weighted by atomic mass is 16.5. The van der Waals surface area contributed by atoms with E-state index >= 15 is 0 Å². The molecule has 2 aromatic rings. The molecule has 2 N–H and O–H groups in total. The van der Waals surface area contributed by atoms with Crippen LogP contribution < -0.4 is 5.73 Å². The smallest absolute Gasteiger partial charge is 0.170 e. The van der Waals surface area contributed by atoms with Gasteiger partial charge < -0.3 is 10.3 Å². The molecule has 0 atom stereocenters. The molecule has 0 aliphatic rings. The number of nitrogens with two attached hydrogens (primary N) is 1. The van der Waals surface area contributed by atoms with E-state index in [1.165, 1.54) is 0 Å². The molecule has 2 rings (SSSR count). The van der Waals surface area contributed by atoms with Gasteiger partial charge in [0.15, 0.2) is 5.76 Å². The first-order chi connectivity index (χ1) is 6.66. The molecule has 4 heteroatoms. The van der Waals surface area contributed by atoms with Crippen LogP contribution >= 0.6 is 0 Å². The lowest BCUT2D eigenvalue weighted by Gasteiger charge is -2.00. The Labute approximate surface area is 81.7 Å². The van der Waals surface area contributed by atoms with Crippen molar-refractivity contribution in [2.24, 2.45) is 0 Å². The molecule has 14 heavy (non-hydrogen) atoms. The van der Waals surface area contributed by atoms with Gasteiger partial charge in [0.1, 0.15) is 5.82 Å². The van der Waals surface area contributed by atoms with E-state index in [0.29, 0.717) is 11.6 Å². The van der Waals surface area contributed by atoms with E-state index in [4.69, 9.17) is 10.3 Å². The van der Waals surface area contributed by atoms with Crippen LogP contribution in [0.2, 0.25) is 0 Å². The summed E-state index contributed by atoms with van der Waals surface area (Å²) in [6.45, 7) is 3.82. The second kappa shape index (κ2) is 3.14. The second-order valence-electron chi connectivity index (χ2n) is 3.28. The average Bonchev–Trinajstić information content (AvgIpc) is 2.56. The topological polar surface area (TPSA) is 64.9 Å². The molecule has 72 valence electrons. The molecule has 0 aliphatic heterocycles. The highest BCUT2D eigenvalue weighted by molar-refractivity contribution is 5.69. The van der Waals surface area contributed by atoms with Crippen molar-refractivity contribution >= 4 is 5.82 Å². The van der Waals surface area contributed by atoms with E-state index in [1.54, 1.807) is 6.20 Å². The molecule has 0 spiro atoms. The van der Waals surface area contributed by atoms with Gasteiger partial charge in [-0.15, -0.1) is 0 Å². The molecule has 0 amide bonds. The van der Waals surface area contributed by atoms with Gasteiger partial charge in [0.25, 0.3) is 0 Å². The molecular formula is C10H11N3O. The quantitative estimate of drug-likeness (QED) is 0.744. The van der Waals surface area contributed by atoms with Crippen LogP contribution in [-0.2, 0) is 0 Å². The van der Waals surface area contributed by atoms with Crippen LogP contribution in [0.3, 0.4) is 0 Å². The molecule has 0 aromatic carbocycles. The summed E-state index contributed by atoms with van der Waals surface area (Å²) in [7, 11) is 0. The molecule has 4 nitrogen and oxygen atoms in total. The van der Waals surface area contributed by atoms with Crippen LogP contribution in [0.1, 0.15) is 11.3 Å². The Bertz CT molecular complexity index is 462. The number of pyridine rings is 1. The van der Waals surface area contributed by atoms with Crippen LogP contribution in [0.25, 0.3) is 11.3 Å². The maximum Gasteiger partial charge on any atom is 0.170 e. The summed E-state index contributed by atoms with van der Waals surface area (Å²) >= 11 is 0. The summed E-state index contributed by atoms with van der Waals surface area (Å²) in [5.74, 6) is 1.13. The molecule has 2 aromatic heterocycles. The van der Waals surface area contributed by atoms with Gasteiger partial charge >= 0.3 is 0 Å². The Kier molecular flexibility index (Phi) is 1.96. The third-order valence-corrected chi connectivity index (χ3v) is 1.95. The number of aromatic nitrogens is 2. The van der Waals surface area contributed by atoms with Crippen LogP contribution in [-0.4, -0.2) is 10.1 Å². The molecule has 0 fully saturated rings. The molecule has 0 bridgehead atoms. The predicted molar refractivity (Wildman–Crippen MR) is 53.6 cm³/mol. The Morgan fingerprint density at radius 1 is 1.29 bits per heavy atom. The van der Waals surface area contributed by atoms with E-state index < -0.39 is 0 Å². The monoisotopic (exact) mass is 189 g/mol. The van der Waals surface area contributed by atoms with E-state index in [2.05, 4.69) is 10.1 Å². The Morgan fingerprint density at radius 2 is 2.07 bits per heavy atom. The summed E-state index contributed by atoms with van der Waals surface area (Å²) in [5, 5.41) is 3.81. The minimum atomic E-state index is 0.465. The first-order valence-electron chi connectivity index (χ1n) is 4.32. The van der Waals surface area contributed by atoms with Crippen molar-refractivity contribution in [2.75, 3.05) is 5.73 Å². The fourth-order valence-corrected chi connectivity index (χ4v) is 1.27. The Morgan fingerprint density at radius 3 is 2.71 bits per heavy atom. The van der Waals surface area contributed by atoms with Crippen molar-refractivity contribution in [2.45, 2.75) is 13.8 Å². The number of nitrogens with zero attached hydrogens (tertiary/aromatic N) is 2. The zero-order valence-corrected chi connectivity index (χ0v) is 8.11. The van der Waals surface area contributed by atoms with Crippen LogP contribution in [0.5, 0.6) is 0 Å². The normalized spacial score (nSPS) is 10.4. The zero-order chi connectivity index (χ0) is 10.1. The van der Waals surface area contributed by atoms with Gasteiger partial charge in [0, 0.05) is 12.3 Å². The molecule has 0 radical (unpaired) electrons. The lowest BCUT2D eigenvalue weighted by molar-refractivity contribution is 0.427. The van der Waals surface area contributed by atoms with Gasteiger partial charge in [0.05, 0.1) is 11.3 Å². The first-order valence-corrected chi connectivity index (χ1v) is 4.32. The second-order valence-corrected chi connectivity index (χ2v) is 3.28. The predicted octanol–water partition coefficient (Wildman–Crippen LogP) is 1.94. The highest BCUT2D eigenvalue weighted by Gasteiger charge is 2.08. The van der Waals surface area contributed by atoms with Gasteiger partial charge in [-0.1, -0.05) is 5.16 Å². The van der Waals surface area contributed by atoms with Gasteiger partial charge in [-0.05, 0) is 25.5 Å². The molecule has 0 saturated heterocycles. The third kappa shape index (κ3) is 1.46. The van der Waals surface area contributed by atoms with Crippen molar-refractivity contribution in [1.82, 2.24) is 10.1 Å². The molecule has 0 unspecified atom stereocenters. The van der Waals surface area contributed by atoms with Gasteiger partial charge in [-0.3, -0.25) is 0 Å². The maximum atomic E-state index is 5.73. The minimum absolute atomic E-state index is 0.465. The lowest BCUT2D eigenvalue weighted by Crippen LogP contribution is -1.93. The summed E-state index contributed by atoms with van der Waals surface area (Å²) in [6, 6.07) is 3.77. The SMILES string of the molecule is Cc1cnc(N)c(-c2cc(C)no2)c1. The lowest BCUT2D eigenvalue weighted by atomic mass is 10.1. The average molecular weight is 189 g/mol. The molecular weight excluding hydrogens is 178 g/mol. The Hall–Kier alpha value is -1.84. The number of nitrogen functional groups attached to an aromatic ring is 1. The van der Waals surface area contributed by atoms with Crippen molar-refractivity contribution in [3.63, 3.8) is 0 Å². The van der Waals surface area contributed by atoms with Gasteiger partial charge in [-0.2, -0.15) is 0 Å². The van der Waals surface area contributed by atoms with E-state index in [1.807, 2.05) is 26.0 Å². The van der Waals surface area contributed by atoms with E-state index in [-0.39, 0.29) is 0 Å². The molecule has 0 aliphatic carbocycles. The van der Waals surface area contributed by atoms with Crippen molar-refractivity contribution in [3.05, 3.63) is 29.6 Å². The van der Waals surface area contributed by atoms with Crippen molar-refractivity contribution in [3.8, 4) is 11.3 Å². The Balaban J connectivity index is 2.55. The van der Waals surface area contributed by atoms with Gasteiger partial charge in [0.2, 0.25) is 0 Å². The molecule has 0 saturated carbocycles. The van der Waals surface area contributed by atoms with Crippen LogP contribution in [0.4, 0.5) is 5.82 Å². The fourth-order valence-electron chi connectivity index (χ4n) is 1.27. The number of aryl methyl sites for hydroxylation is 2. The van der Waals surface area contributed by atoms with Crippen LogP contribution in [0, 0.1) is 13.8 Å². The fraction of sp³-hybridized carbons (Fsp3) is 0.200. The van der Waals surface area contributed by atoms with Crippen molar-refractivity contribution in [1.29, 1.82) is 0 Å². The largest absolute Gasteiger partial charge is 0.383 e. The third-order valence-electron chi connectivity index (χ3n) is 1.95. The maximum absolute atomic E-state index is 5.73. The summed E-state index contributed by atoms with van der Waals surface area (Å²) < 4.78 is 5.12. The van der Waals surface area contributed by atoms with E-state index in [0.717, 1.165) is 16.8 Å². The van der Waals surface area contributed by atoms with E-state index in [9.17, 15) is 0 Å². The first kappa shape index (κ1) is 8.74. The highest BCUT2D eigenvalue weighted by Crippen LogP contribution is 2.25. The van der Waals surface area contributed by atoms with Gasteiger partial charge in [-0.25, -0.2) is 4.98 Å². The zero-order valence-electron chi connectivity index (χ0n) is 8.11. The number of rotatable bonds is 1. The van der Waals surface area contributed by atoms with Crippen LogP contribution in [0.15, 0.2) is 22.9 Å². The van der Waals surface area contributed by atoms with Crippen molar-refractivity contribution < 1.29 is 4.52 Å². The number of hydrogen-bond acceptors (Lipinski definition) is 4. The number of hydrogen-bond donors (Lipinski definition) is 1. The summed E-state index contributed by atoms with van der Waals surface area (Å²) in [5.41, 5.74) is 8.41.